The third-order valence-corrected chi connectivity index (χ3v) is 6.06. The Morgan fingerprint density at radius 1 is 1.13 bits per heavy atom. The lowest BCUT2D eigenvalue weighted by Gasteiger charge is -2.42. The van der Waals surface area contributed by atoms with Gasteiger partial charge in [-0.1, -0.05) is 42.1 Å². The zero-order valence-electron chi connectivity index (χ0n) is 17.2. The quantitative estimate of drug-likeness (QED) is 0.631. The Balaban J connectivity index is 1.59. The number of carbonyl (C=O) groups is 2. The monoisotopic (exact) mass is 422 g/mol. The highest BCUT2D eigenvalue weighted by molar-refractivity contribution is 8.00. The van der Waals surface area contributed by atoms with Crippen molar-refractivity contribution in [1.82, 2.24) is 10.2 Å². The number of aromatic nitrogens is 2. The van der Waals surface area contributed by atoms with E-state index in [2.05, 4.69) is 15.5 Å². The molecular formula is C22H22N4O3S. The largest absolute Gasteiger partial charge is 0.411 e. The Hall–Kier alpha value is -3.13. The number of amides is 2. The van der Waals surface area contributed by atoms with Gasteiger partial charge in [0, 0.05) is 5.56 Å². The van der Waals surface area contributed by atoms with Gasteiger partial charge in [-0.15, -0.1) is 10.2 Å². The Labute approximate surface area is 178 Å². The van der Waals surface area contributed by atoms with Crippen LogP contribution < -0.4 is 10.2 Å². The average molecular weight is 423 g/mol. The summed E-state index contributed by atoms with van der Waals surface area (Å²) in [6.07, 6.45) is 0. The zero-order valence-corrected chi connectivity index (χ0v) is 18.0. The molecule has 4 rings (SSSR count). The molecule has 1 aromatic heterocycles. The molecule has 1 aliphatic rings. The smallest absolute Gasteiger partial charge is 0.277 e. The highest BCUT2D eigenvalue weighted by Crippen LogP contribution is 2.38. The summed E-state index contributed by atoms with van der Waals surface area (Å²) in [5.74, 6) is -0.0207. The Morgan fingerprint density at radius 2 is 1.83 bits per heavy atom. The predicted molar refractivity (Wildman–Crippen MR) is 116 cm³/mol. The molecule has 1 atom stereocenters. The molecule has 0 unspecified atom stereocenters. The number of carbonyl (C=O) groups excluding carboxylic acids is 2. The minimum atomic E-state index is -1.03. The number of benzene rings is 2. The molecule has 2 aromatic carbocycles. The van der Waals surface area contributed by atoms with E-state index in [9.17, 15) is 9.59 Å². The third-order valence-electron chi connectivity index (χ3n) is 5.14. The van der Waals surface area contributed by atoms with Crippen LogP contribution in [0.5, 0.6) is 0 Å². The summed E-state index contributed by atoms with van der Waals surface area (Å²) in [6.45, 7) is 7.21. The average Bonchev–Trinajstić information content (AvgIpc) is 3.17. The second-order valence-electron chi connectivity index (χ2n) is 7.65. The lowest BCUT2D eigenvalue weighted by atomic mass is 9.96. The van der Waals surface area contributed by atoms with Crippen molar-refractivity contribution in [2.75, 3.05) is 10.2 Å². The first-order chi connectivity index (χ1) is 14.3. The molecule has 0 bridgehead atoms. The van der Waals surface area contributed by atoms with Gasteiger partial charge in [-0.05, 0) is 51.5 Å². The molecule has 8 heteroatoms. The molecule has 154 valence electrons. The first-order valence-corrected chi connectivity index (χ1v) is 10.5. The van der Waals surface area contributed by atoms with Crippen molar-refractivity contribution in [2.24, 2.45) is 0 Å². The fraction of sp³-hybridized carbons (Fsp3) is 0.273. The number of rotatable bonds is 4. The summed E-state index contributed by atoms with van der Waals surface area (Å²) in [5.41, 5.74) is 2.15. The first kappa shape index (κ1) is 20.2. The van der Waals surface area contributed by atoms with Gasteiger partial charge in [0.15, 0.2) is 0 Å². The van der Waals surface area contributed by atoms with Crippen LogP contribution in [0.2, 0.25) is 0 Å². The maximum atomic E-state index is 13.4. The highest BCUT2D eigenvalue weighted by atomic mass is 32.2. The number of para-hydroxylation sites is 2. The van der Waals surface area contributed by atoms with Crippen molar-refractivity contribution < 1.29 is 14.0 Å². The molecule has 7 nitrogen and oxygen atoms in total. The minimum absolute atomic E-state index is 0.206. The van der Waals surface area contributed by atoms with Crippen molar-refractivity contribution in [2.45, 2.75) is 43.7 Å². The zero-order chi connectivity index (χ0) is 21.5. The van der Waals surface area contributed by atoms with Gasteiger partial charge in [-0.3, -0.25) is 14.5 Å². The van der Waals surface area contributed by atoms with E-state index < -0.39 is 10.8 Å². The fourth-order valence-corrected chi connectivity index (χ4v) is 4.13. The van der Waals surface area contributed by atoms with E-state index in [4.69, 9.17) is 4.42 Å². The van der Waals surface area contributed by atoms with Crippen LogP contribution in [0.1, 0.15) is 26.3 Å². The molecule has 1 aliphatic heterocycles. The number of nitrogens with one attached hydrogen (secondary N) is 1. The molecule has 30 heavy (non-hydrogen) atoms. The van der Waals surface area contributed by atoms with Crippen molar-refractivity contribution >= 4 is 35.0 Å². The Kier molecular flexibility index (Phi) is 5.11. The van der Waals surface area contributed by atoms with Gasteiger partial charge in [0.05, 0.1) is 16.6 Å². The molecular weight excluding hydrogens is 400 g/mol. The van der Waals surface area contributed by atoms with Crippen molar-refractivity contribution in [3.8, 4) is 11.5 Å². The van der Waals surface area contributed by atoms with Gasteiger partial charge in [-0.2, -0.15) is 0 Å². The molecule has 0 radical (unpaired) electrons. The molecule has 3 aromatic rings. The fourth-order valence-electron chi connectivity index (χ4n) is 3.41. The van der Waals surface area contributed by atoms with Crippen LogP contribution in [0, 0.1) is 6.92 Å². The highest BCUT2D eigenvalue weighted by Gasteiger charge is 2.45. The van der Waals surface area contributed by atoms with Gasteiger partial charge in [0.2, 0.25) is 17.7 Å². The van der Waals surface area contributed by atoms with Crippen LogP contribution >= 0.6 is 11.8 Å². The van der Waals surface area contributed by atoms with E-state index in [0.29, 0.717) is 22.5 Å². The van der Waals surface area contributed by atoms with Crippen LogP contribution in [0.15, 0.2) is 58.2 Å². The first-order valence-electron chi connectivity index (χ1n) is 9.60. The van der Waals surface area contributed by atoms with E-state index in [1.54, 1.807) is 31.7 Å². The molecule has 0 saturated heterocycles. The molecule has 2 heterocycles. The van der Waals surface area contributed by atoms with E-state index in [1.807, 2.05) is 49.4 Å². The number of thioether (sulfide) groups is 1. The second-order valence-corrected chi connectivity index (χ2v) is 8.94. The van der Waals surface area contributed by atoms with Gasteiger partial charge < -0.3 is 9.73 Å². The maximum Gasteiger partial charge on any atom is 0.277 e. The topological polar surface area (TPSA) is 88.3 Å². The van der Waals surface area contributed by atoms with Crippen molar-refractivity contribution in [3.63, 3.8) is 0 Å². The Morgan fingerprint density at radius 3 is 2.60 bits per heavy atom. The summed E-state index contributed by atoms with van der Waals surface area (Å²) in [7, 11) is 0. The SMILES string of the molecule is Cc1ccccc1-c1nnc(S[C@H](C)C(=O)N2c3ccccc3NC(=O)C2(C)C)o1. The van der Waals surface area contributed by atoms with E-state index in [-0.39, 0.29) is 11.8 Å². The number of anilines is 2. The minimum Gasteiger partial charge on any atom is -0.411 e. The number of nitrogens with zero attached hydrogens (tertiary/aromatic N) is 3. The van der Waals surface area contributed by atoms with Gasteiger partial charge >= 0.3 is 0 Å². The van der Waals surface area contributed by atoms with Crippen LogP contribution in [0.25, 0.3) is 11.5 Å². The number of hydrogen-bond donors (Lipinski definition) is 1. The van der Waals surface area contributed by atoms with Crippen LogP contribution in [-0.2, 0) is 9.59 Å². The predicted octanol–water partition coefficient (Wildman–Crippen LogP) is 4.29. The summed E-state index contributed by atoms with van der Waals surface area (Å²) in [5, 5.41) is 10.9. The summed E-state index contributed by atoms with van der Waals surface area (Å²) in [4.78, 5) is 27.6. The molecule has 0 fully saturated rings. The molecule has 0 saturated carbocycles. The van der Waals surface area contributed by atoms with Crippen molar-refractivity contribution in [3.05, 3.63) is 54.1 Å². The van der Waals surface area contributed by atoms with Crippen LogP contribution in [-0.4, -0.2) is 32.8 Å². The lowest BCUT2D eigenvalue weighted by molar-refractivity contribution is -0.126. The molecule has 1 N–H and O–H groups in total. The standard InChI is InChI=1S/C22H22N4O3S/c1-13-9-5-6-10-15(13)18-24-25-21(29-18)30-14(2)19(27)26-17-12-8-7-11-16(17)23-20(28)22(26,3)4/h5-12,14H,1-4H3,(H,23,28)/t14-/m1/s1. The normalized spacial score (nSPS) is 16.0. The summed E-state index contributed by atoms with van der Waals surface area (Å²) in [6, 6.07) is 15.0. The number of hydrogen-bond acceptors (Lipinski definition) is 6. The maximum absolute atomic E-state index is 13.4. The van der Waals surface area contributed by atoms with Gasteiger partial charge in [0.1, 0.15) is 5.54 Å². The number of aryl methyl sites for hydroxylation is 1. The summed E-state index contributed by atoms with van der Waals surface area (Å²) >= 11 is 1.18. The Bertz CT molecular complexity index is 1120. The van der Waals surface area contributed by atoms with E-state index in [0.717, 1.165) is 11.1 Å². The van der Waals surface area contributed by atoms with Crippen LogP contribution in [0.4, 0.5) is 11.4 Å². The second kappa shape index (κ2) is 7.60. The molecule has 0 spiro atoms. The lowest BCUT2D eigenvalue weighted by Crippen LogP contribution is -2.60. The molecule has 2 amide bonds. The van der Waals surface area contributed by atoms with Gasteiger partial charge in [0.25, 0.3) is 5.22 Å². The third kappa shape index (κ3) is 3.47. The summed E-state index contributed by atoms with van der Waals surface area (Å²) < 4.78 is 5.79. The van der Waals surface area contributed by atoms with Crippen molar-refractivity contribution in [1.29, 1.82) is 0 Å². The van der Waals surface area contributed by atoms with E-state index in [1.165, 1.54) is 11.8 Å². The van der Waals surface area contributed by atoms with Gasteiger partial charge in [-0.25, -0.2) is 0 Å². The number of fused-ring (bicyclic) bond motifs is 1. The molecule has 0 aliphatic carbocycles. The van der Waals surface area contributed by atoms with E-state index >= 15 is 0 Å². The van der Waals surface area contributed by atoms with Crippen LogP contribution in [0.3, 0.4) is 0 Å².